The van der Waals surface area contributed by atoms with E-state index in [1.165, 1.54) is 42.4 Å². The summed E-state index contributed by atoms with van der Waals surface area (Å²) >= 11 is 0. The van der Waals surface area contributed by atoms with Crippen molar-refractivity contribution in [2.45, 2.75) is 19.3 Å². The minimum atomic E-state index is 0.627. The maximum atomic E-state index is 5.84. The van der Waals surface area contributed by atoms with Gasteiger partial charge in [-0.1, -0.05) is 6.07 Å². The van der Waals surface area contributed by atoms with Crippen molar-refractivity contribution >= 4 is 10.9 Å². The predicted molar refractivity (Wildman–Crippen MR) is 85.5 cm³/mol. The van der Waals surface area contributed by atoms with Crippen LogP contribution < -0.4 is 0 Å². The second kappa shape index (κ2) is 5.82. The van der Waals surface area contributed by atoms with E-state index in [0.29, 0.717) is 5.92 Å². The van der Waals surface area contributed by atoms with Crippen LogP contribution in [0, 0.1) is 11.8 Å². The van der Waals surface area contributed by atoms with Crippen molar-refractivity contribution in [3.63, 3.8) is 0 Å². The van der Waals surface area contributed by atoms with Gasteiger partial charge in [0.05, 0.1) is 13.2 Å². The Bertz CT molecular complexity index is 602. The largest absolute Gasteiger partial charge is 0.380 e. The minimum absolute atomic E-state index is 0.627. The molecule has 112 valence electrons. The molecule has 1 aliphatic carbocycles. The fourth-order valence-electron chi connectivity index (χ4n) is 3.47. The van der Waals surface area contributed by atoms with Gasteiger partial charge < -0.3 is 14.6 Å². The summed E-state index contributed by atoms with van der Waals surface area (Å²) in [6.07, 6.45) is 6.02. The molecule has 0 unspecified atom stereocenters. The van der Waals surface area contributed by atoms with Crippen molar-refractivity contribution in [1.82, 2.24) is 9.88 Å². The smallest absolute Gasteiger partial charge is 0.0593 e. The monoisotopic (exact) mass is 284 g/mol. The van der Waals surface area contributed by atoms with Crippen LogP contribution in [0.5, 0.6) is 0 Å². The highest BCUT2D eigenvalue weighted by atomic mass is 16.5. The molecular weight excluding hydrogens is 260 g/mol. The van der Waals surface area contributed by atoms with Crippen LogP contribution in [0.2, 0.25) is 0 Å². The van der Waals surface area contributed by atoms with Gasteiger partial charge >= 0.3 is 0 Å². The number of ether oxygens (including phenoxy) is 1. The third kappa shape index (κ3) is 3.30. The molecule has 2 aromatic rings. The maximum Gasteiger partial charge on any atom is 0.0593 e. The molecule has 2 aliphatic rings. The number of nitrogens with zero attached hydrogens (tertiary/aromatic N) is 1. The number of aromatic nitrogens is 1. The Morgan fingerprint density at radius 3 is 3.05 bits per heavy atom. The number of hydrogen-bond acceptors (Lipinski definition) is 2. The van der Waals surface area contributed by atoms with E-state index < -0.39 is 0 Å². The highest BCUT2D eigenvalue weighted by Gasteiger charge is 2.27. The molecule has 1 aromatic heterocycles. The Morgan fingerprint density at radius 2 is 2.14 bits per heavy atom. The quantitative estimate of drug-likeness (QED) is 0.934. The number of fused-ring (bicyclic) bond motifs is 1. The van der Waals surface area contributed by atoms with Gasteiger partial charge in [-0.2, -0.15) is 0 Å². The highest BCUT2D eigenvalue weighted by molar-refractivity contribution is 5.79. The van der Waals surface area contributed by atoms with Crippen LogP contribution in [0.4, 0.5) is 0 Å². The number of aromatic amines is 1. The maximum absolute atomic E-state index is 5.84. The molecule has 0 spiro atoms. The summed E-state index contributed by atoms with van der Waals surface area (Å²) in [5, 5.41) is 1.32. The first-order chi connectivity index (χ1) is 10.4. The number of nitrogens with one attached hydrogen (secondary N) is 1. The molecule has 0 radical (unpaired) electrons. The third-order valence-corrected chi connectivity index (χ3v) is 4.78. The highest BCUT2D eigenvalue weighted by Crippen LogP contribution is 2.30. The van der Waals surface area contributed by atoms with Crippen molar-refractivity contribution in [3.05, 3.63) is 36.0 Å². The van der Waals surface area contributed by atoms with Crippen LogP contribution in [-0.2, 0) is 11.2 Å². The molecule has 3 nitrogen and oxygen atoms in total. The van der Waals surface area contributed by atoms with E-state index >= 15 is 0 Å². The molecule has 1 atom stereocenters. The van der Waals surface area contributed by atoms with Crippen LogP contribution in [0.15, 0.2) is 30.5 Å². The topological polar surface area (TPSA) is 28.3 Å². The first-order valence-electron chi connectivity index (χ1n) is 8.23. The normalized spacial score (nSPS) is 24.3. The van der Waals surface area contributed by atoms with Gasteiger partial charge in [0.1, 0.15) is 0 Å². The summed E-state index contributed by atoms with van der Waals surface area (Å²) in [7, 11) is 0. The van der Waals surface area contributed by atoms with Gasteiger partial charge in [-0.25, -0.2) is 0 Å². The Labute approximate surface area is 126 Å². The van der Waals surface area contributed by atoms with Crippen LogP contribution in [0.25, 0.3) is 10.9 Å². The number of H-pyrrole nitrogens is 1. The molecule has 1 saturated heterocycles. The zero-order valence-corrected chi connectivity index (χ0v) is 12.6. The Morgan fingerprint density at radius 1 is 1.19 bits per heavy atom. The average molecular weight is 284 g/mol. The van der Waals surface area contributed by atoms with Gasteiger partial charge in [0.25, 0.3) is 0 Å². The van der Waals surface area contributed by atoms with Crippen LogP contribution >= 0.6 is 0 Å². The molecule has 21 heavy (non-hydrogen) atoms. The number of rotatable bonds is 4. The van der Waals surface area contributed by atoms with Gasteiger partial charge in [0, 0.05) is 31.3 Å². The van der Waals surface area contributed by atoms with Crippen LogP contribution in [0.1, 0.15) is 18.4 Å². The van der Waals surface area contributed by atoms with Gasteiger partial charge in [-0.15, -0.1) is 0 Å². The van der Waals surface area contributed by atoms with E-state index in [9.17, 15) is 0 Å². The molecule has 1 aliphatic heterocycles. The van der Waals surface area contributed by atoms with Gasteiger partial charge in [0.2, 0.25) is 0 Å². The Kier molecular flexibility index (Phi) is 3.70. The second-order valence-electron chi connectivity index (χ2n) is 6.75. The van der Waals surface area contributed by atoms with E-state index in [-0.39, 0.29) is 0 Å². The zero-order chi connectivity index (χ0) is 14.1. The fourth-order valence-corrected chi connectivity index (χ4v) is 3.47. The molecule has 3 heteroatoms. The summed E-state index contributed by atoms with van der Waals surface area (Å²) in [6, 6.07) is 8.93. The molecular formula is C18H24N2O. The van der Waals surface area contributed by atoms with Crippen molar-refractivity contribution < 1.29 is 4.74 Å². The lowest BCUT2D eigenvalue weighted by molar-refractivity contribution is 0.122. The first kappa shape index (κ1) is 13.4. The fraction of sp³-hybridized carbons (Fsp3) is 0.556. The lowest BCUT2D eigenvalue weighted by Gasteiger charge is -2.23. The van der Waals surface area contributed by atoms with E-state index in [1.807, 2.05) is 6.20 Å². The number of benzene rings is 1. The SMILES string of the molecule is c1cc2cc(C[C@@H]3COCCN(CC4CC4)C3)ccc2[nH]1. The molecule has 2 fully saturated rings. The van der Waals surface area contributed by atoms with Crippen molar-refractivity contribution in [3.8, 4) is 0 Å². The van der Waals surface area contributed by atoms with Crippen molar-refractivity contribution in [2.24, 2.45) is 11.8 Å². The molecule has 0 amide bonds. The molecule has 2 heterocycles. The van der Waals surface area contributed by atoms with Crippen molar-refractivity contribution in [2.75, 3.05) is 32.8 Å². The summed E-state index contributed by atoms with van der Waals surface area (Å²) in [6.45, 7) is 5.41. The van der Waals surface area contributed by atoms with Gasteiger partial charge in [-0.3, -0.25) is 0 Å². The average Bonchev–Trinajstić information content (AvgIpc) is 3.22. The Balaban J connectivity index is 1.43. The van der Waals surface area contributed by atoms with Gasteiger partial charge in [0.15, 0.2) is 0 Å². The summed E-state index contributed by atoms with van der Waals surface area (Å²) in [5.41, 5.74) is 2.66. The van der Waals surface area contributed by atoms with Crippen LogP contribution in [-0.4, -0.2) is 42.7 Å². The van der Waals surface area contributed by atoms with Crippen LogP contribution in [0.3, 0.4) is 0 Å². The summed E-state index contributed by atoms with van der Waals surface area (Å²) < 4.78 is 5.84. The van der Waals surface area contributed by atoms with Gasteiger partial charge in [-0.05, 0) is 60.2 Å². The van der Waals surface area contributed by atoms with Crippen molar-refractivity contribution in [1.29, 1.82) is 0 Å². The van der Waals surface area contributed by atoms with E-state index in [1.54, 1.807) is 0 Å². The molecule has 4 rings (SSSR count). The molecule has 1 N–H and O–H groups in total. The summed E-state index contributed by atoms with van der Waals surface area (Å²) in [5.74, 6) is 1.60. The second-order valence-corrected chi connectivity index (χ2v) is 6.75. The predicted octanol–water partition coefficient (Wildman–Crippen LogP) is 3.07. The van der Waals surface area contributed by atoms with E-state index in [4.69, 9.17) is 4.74 Å². The van der Waals surface area contributed by atoms with E-state index in [2.05, 4.69) is 34.1 Å². The van der Waals surface area contributed by atoms with E-state index in [0.717, 1.165) is 32.1 Å². The first-order valence-corrected chi connectivity index (χ1v) is 8.23. The lowest BCUT2D eigenvalue weighted by Crippen LogP contribution is -2.32. The Hall–Kier alpha value is -1.32. The molecule has 0 bridgehead atoms. The summed E-state index contributed by atoms with van der Waals surface area (Å²) in [4.78, 5) is 5.89. The standard InChI is InChI=1S/C18H24N2O/c1-2-14(1)11-20-7-8-21-13-16(12-20)9-15-3-4-18-17(10-15)5-6-19-18/h3-6,10,14,16,19H,1-2,7-9,11-13H2/t16-/m0/s1. The molecule has 1 saturated carbocycles. The molecule has 1 aromatic carbocycles. The zero-order valence-electron chi connectivity index (χ0n) is 12.6. The number of hydrogen-bond donors (Lipinski definition) is 1. The lowest BCUT2D eigenvalue weighted by atomic mass is 9.98. The minimum Gasteiger partial charge on any atom is -0.380 e. The third-order valence-electron chi connectivity index (χ3n) is 4.78.